The zero-order chi connectivity index (χ0) is 18.8. The summed E-state index contributed by atoms with van der Waals surface area (Å²) in [6.45, 7) is 3.15. The van der Waals surface area contributed by atoms with Gasteiger partial charge < -0.3 is 5.32 Å². The number of aryl methyl sites for hydroxylation is 1. The molecule has 0 saturated carbocycles. The molecule has 3 aromatic heterocycles. The number of rotatable bonds is 5. The van der Waals surface area contributed by atoms with Crippen molar-refractivity contribution >= 4 is 23.3 Å². The molecule has 0 radical (unpaired) electrons. The number of amides is 1. The van der Waals surface area contributed by atoms with Crippen LogP contribution in [0.15, 0.2) is 49.1 Å². The highest BCUT2D eigenvalue weighted by atomic mass is 35.5. The van der Waals surface area contributed by atoms with Crippen molar-refractivity contribution in [1.82, 2.24) is 34.7 Å². The minimum Gasteiger partial charge on any atom is -0.347 e. The Hall–Kier alpha value is -3.26. The van der Waals surface area contributed by atoms with Gasteiger partial charge in [-0.1, -0.05) is 23.7 Å². The van der Waals surface area contributed by atoms with Crippen LogP contribution in [0.5, 0.6) is 0 Å². The lowest BCUT2D eigenvalue weighted by atomic mass is 10.1. The zero-order valence-corrected chi connectivity index (χ0v) is 15.3. The molecule has 9 heteroatoms. The number of benzene rings is 1. The standard InChI is InChI=1S/C18H16ClN7O/c1-2-25-10-12(9-22-25)8-20-17(27)16-7-15(13-3-5-14(19)6-4-13)24-18-21-11-23-26(16)18/h3-7,9-11H,2,8H2,1H3,(H,20,27). The first kappa shape index (κ1) is 17.2. The topological polar surface area (TPSA) is 90.0 Å². The Balaban J connectivity index is 1.64. The molecule has 4 rings (SSSR count). The van der Waals surface area contributed by atoms with E-state index < -0.39 is 0 Å². The van der Waals surface area contributed by atoms with Crippen molar-refractivity contribution in [3.05, 3.63) is 65.3 Å². The molecule has 0 aliphatic carbocycles. The SMILES string of the molecule is CCn1cc(CNC(=O)c2cc(-c3ccc(Cl)cc3)nc3ncnn23)cn1. The van der Waals surface area contributed by atoms with Gasteiger partial charge in [-0.3, -0.25) is 9.48 Å². The van der Waals surface area contributed by atoms with Crippen LogP contribution in [-0.2, 0) is 13.1 Å². The summed E-state index contributed by atoms with van der Waals surface area (Å²) in [5.74, 6) is 0.0822. The Morgan fingerprint density at radius 2 is 2.04 bits per heavy atom. The smallest absolute Gasteiger partial charge is 0.270 e. The fourth-order valence-corrected chi connectivity index (χ4v) is 2.81. The van der Waals surface area contributed by atoms with Crippen LogP contribution >= 0.6 is 11.6 Å². The van der Waals surface area contributed by atoms with Gasteiger partial charge in [-0.15, -0.1) is 0 Å². The summed E-state index contributed by atoms with van der Waals surface area (Å²) in [5.41, 5.74) is 2.73. The molecule has 1 N–H and O–H groups in total. The van der Waals surface area contributed by atoms with Gasteiger partial charge in [-0.2, -0.15) is 19.7 Å². The number of nitrogens with zero attached hydrogens (tertiary/aromatic N) is 6. The lowest BCUT2D eigenvalue weighted by Crippen LogP contribution is -2.25. The van der Waals surface area contributed by atoms with Crippen LogP contribution in [0.4, 0.5) is 0 Å². The van der Waals surface area contributed by atoms with Gasteiger partial charge in [0.05, 0.1) is 11.9 Å². The molecular weight excluding hydrogens is 366 g/mol. The summed E-state index contributed by atoms with van der Waals surface area (Å²) in [5, 5.41) is 11.8. The highest BCUT2D eigenvalue weighted by Crippen LogP contribution is 2.21. The lowest BCUT2D eigenvalue weighted by molar-refractivity contribution is 0.0943. The predicted molar refractivity (Wildman–Crippen MR) is 100 cm³/mol. The summed E-state index contributed by atoms with van der Waals surface area (Å²) >= 11 is 5.95. The molecule has 0 aliphatic rings. The average Bonchev–Trinajstić information content (AvgIpc) is 3.34. The van der Waals surface area contributed by atoms with E-state index in [0.29, 0.717) is 28.7 Å². The van der Waals surface area contributed by atoms with Gasteiger partial charge in [0.15, 0.2) is 0 Å². The summed E-state index contributed by atoms with van der Waals surface area (Å²) in [6.07, 6.45) is 5.01. The first-order valence-electron chi connectivity index (χ1n) is 8.40. The second-order valence-electron chi connectivity index (χ2n) is 5.89. The number of carbonyl (C=O) groups is 1. The molecule has 0 fully saturated rings. The fraction of sp³-hybridized carbons (Fsp3) is 0.167. The minimum absolute atomic E-state index is 0.271. The number of hydrogen-bond acceptors (Lipinski definition) is 5. The lowest BCUT2D eigenvalue weighted by Gasteiger charge is -2.08. The van der Waals surface area contributed by atoms with Crippen molar-refractivity contribution < 1.29 is 4.79 Å². The van der Waals surface area contributed by atoms with E-state index in [9.17, 15) is 4.79 Å². The quantitative estimate of drug-likeness (QED) is 0.574. The zero-order valence-electron chi connectivity index (χ0n) is 14.5. The van der Waals surface area contributed by atoms with Crippen LogP contribution in [0.25, 0.3) is 17.0 Å². The molecule has 0 bridgehead atoms. The molecule has 0 atom stereocenters. The number of halogens is 1. The van der Waals surface area contributed by atoms with E-state index in [1.165, 1.54) is 10.8 Å². The van der Waals surface area contributed by atoms with Gasteiger partial charge in [0.2, 0.25) is 0 Å². The highest BCUT2D eigenvalue weighted by molar-refractivity contribution is 6.30. The summed E-state index contributed by atoms with van der Waals surface area (Å²) in [7, 11) is 0. The molecule has 3 heterocycles. The van der Waals surface area contributed by atoms with Gasteiger partial charge in [-0.05, 0) is 25.1 Å². The average molecular weight is 382 g/mol. The van der Waals surface area contributed by atoms with Crippen LogP contribution in [0.3, 0.4) is 0 Å². The van der Waals surface area contributed by atoms with Gasteiger partial charge in [-0.25, -0.2) is 4.98 Å². The number of hydrogen-bond donors (Lipinski definition) is 1. The third-order valence-corrected chi connectivity index (χ3v) is 4.34. The maximum Gasteiger partial charge on any atom is 0.270 e. The highest BCUT2D eigenvalue weighted by Gasteiger charge is 2.15. The molecular formula is C18H16ClN7O. The second kappa shape index (κ2) is 7.16. The summed E-state index contributed by atoms with van der Waals surface area (Å²) < 4.78 is 3.23. The number of fused-ring (bicyclic) bond motifs is 1. The van der Waals surface area contributed by atoms with Gasteiger partial charge >= 0.3 is 0 Å². The Kier molecular flexibility index (Phi) is 4.55. The Labute approximate surface area is 159 Å². The molecule has 1 amide bonds. The van der Waals surface area contributed by atoms with E-state index >= 15 is 0 Å². The summed E-state index contributed by atoms with van der Waals surface area (Å²) in [4.78, 5) is 21.4. The Morgan fingerprint density at radius 3 is 2.78 bits per heavy atom. The van der Waals surface area contributed by atoms with Crippen LogP contribution in [-0.4, -0.2) is 35.3 Å². The van der Waals surface area contributed by atoms with Gasteiger partial charge in [0.1, 0.15) is 12.0 Å². The molecule has 0 spiro atoms. The fourth-order valence-electron chi connectivity index (χ4n) is 2.69. The van der Waals surface area contributed by atoms with Crippen LogP contribution in [0.2, 0.25) is 5.02 Å². The van der Waals surface area contributed by atoms with Crippen molar-refractivity contribution in [2.75, 3.05) is 0 Å². The summed E-state index contributed by atoms with van der Waals surface area (Å²) in [6, 6.07) is 8.93. The normalized spacial score (nSPS) is 11.0. The Morgan fingerprint density at radius 1 is 1.22 bits per heavy atom. The van der Waals surface area contributed by atoms with E-state index in [0.717, 1.165) is 17.7 Å². The largest absolute Gasteiger partial charge is 0.347 e. The second-order valence-corrected chi connectivity index (χ2v) is 6.33. The van der Waals surface area contributed by atoms with Crippen molar-refractivity contribution in [2.24, 2.45) is 0 Å². The molecule has 0 aliphatic heterocycles. The van der Waals surface area contributed by atoms with E-state index in [1.807, 2.05) is 29.9 Å². The van der Waals surface area contributed by atoms with Crippen molar-refractivity contribution in [3.8, 4) is 11.3 Å². The van der Waals surface area contributed by atoms with E-state index in [2.05, 4.69) is 25.5 Å². The van der Waals surface area contributed by atoms with Crippen molar-refractivity contribution in [2.45, 2.75) is 20.0 Å². The van der Waals surface area contributed by atoms with Crippen LogP contribution in [0, 0.1) is 0 Å². The molecule has 8 nitrogen and oxygen atoms in total. The maximum atomic E-state index is 12.8. The number of carbonyl (C=O) groups excluding carboxylic acids is 1. The van der Waals surface area contributed by atoms with Gasteiger partial charge in [0, 0.05) is 35.4 Å². The van der Waals surface area contributed by atoms with Crippen molar-refractivity contribution in [1.29, 1.82) is 0 Å². The predicted octanol–water partition coefficient (Wildman–Crippen LogP) is 2.59. The minimum atomic E-state index is -0.271. The van der Waals surface area contributed by atoms with Crippen molar-refractivity contribution in [3.63, 3.8) is 0 Å². The van der Waals surface area contributed by atoms with Crippen LogP contribution < -0.4 is 5.32 Å². The number of nitrogens with one attached hydrogen (secondary N) is 1. The monoisotopic (exact) mass is 381 g/mol. The van der Waals surface area contributed by atoms with Crippen LogP contribution in [0.1, 0.15) is 23.0 Å². The molecule has 1 aromatic carbocycles. The molecule has 0 saturated heterocycles. The first-order chi connectivity index (χ1) is 13.1. The third-order valence-electron chi connectivity index (χ3n) is 4.09. The Bertz CT molecular complexity index is 1100. The maximum absolute atomic E-state index is 12.8. The molecule has 27 heavy (non-hydrogen) atoms. The molecule has 136 valence electrons. The molecule has 4 aromatic rings. The third kappa shape index (κ3) is 3.52. The molecule has 0 unspecified atom stereocenters. The van der Waals surface area contributed by atoms with Gasteiger partial charge in [0.25, 0.3) is 11.7 Å². The van der Waals surface area contributed by atoms with E-state index in [-0.39, 0.29) is 5.91 Å². The number of aromatic nitrogens is 6. The first-order valence-corrected chi connectivity index (χ1v) is 8.78. The van der Waals surface area contributed by atoms with E-state index in [1.54, 1.807) is 24.4 Å². The van der Waals surface area contributed by atoms with E-state index in [4.69, 9.17) is 11.6 Å².